The monoisotopic (exact) mass is 145 g/mol. The van der Waals surface area contributed by atoms with Gasteiger partial charge in [0.15, 0.2) is 0 Å². The summed E-state index contributed by atoms with van der Waals surface area (Å²) in [5.41, 5.74) is 0. The largest absolute Gasteiger partial charge is 0.318 e. The van der Waals surface area contributed by atoms with Gasteiger partial charge in [0.05, 0.1) is 0 Å². The summed E-state index contributed by atoms with van der Waals surface area (Å²) < 4.78 is 0. The maximum atomic E-state index is 3.11. The molecule has 0 aromatic heterocycles. The Morgan fingerprint density at radius 2 is 1.40 bits per heavy atom. The highest BCUT2D eigenvalue weighted by molar-refractivity contribution is 4.53. The van der Waals surface area contributed by atoms with Crippen molar-refractivity contribution in [3.05, 3.63) is 0 Å². The maximum Gasteiger partial charge on any atom is 0.0104 e. The van der Waals surface area contributed by atoms with E-state index in [0.717, 1.165) is 26.2 Å². The summed E-state index contributed by atoms with van der Waals surface area (Å²) in [5.74, 6) is 0. The quantitative estimate of drug-likeness (QED) is 0.520. The van der Waals surface area contributed by atoms with Crippen LogP contribution in [0.1, 0.15) is 0 Å². The van der Waals surface area contributed by atoms with Crippen LogP contribution in [0.25, 0.3) is 0 Å². The molecule has 10 heavy (non-hydrogen) atoms. The third-order valence-electron chi connectivity index (χ3n) is 1.49. The molecule has 0 aliphatic carbocycles. The first-order valence-corrected chi connectivity index (χ1v) is 3.79. The van der Waals surface area contributed by atoms with Gasteiger partial charge in [-0.05, 0) is 21.1 Å². The molecule has 0 bridgehead atoms. The highest BCUT2D eigenvalue weighted by Gasteiger charge is 1.93. The fourth-order valence-corrected chi connectivity index (χ4v) is 0.717. The summed E-state index contributed by atoms with van der Waals surface area (Å²) in [6, 6.07) is 0. The zero-order chi connectivity index (χ0) is 7.82. The van der Waals surface area contributed by atoms with Crippen molar-refractivity contribution in [3.8, 4) is 0 Å². The third-order valence-corrected chi connectivity index (χ3v) is 1.49. The lowest BCUT2D eigenvalue weighted by Gasteiger charge is -2.15. The number of nitrogens with zero attached hydrogens (tertiary/aromatic N) is 1. The van der Waals surface area contributed by atoms with E-state index in [1.54, 1.807) is 0 Å². The van der Waals surface area contributed by atoms with Crippen molar-refractivity contribution in [2.24, 2.45) is 0 Å². The molecule has 3 heteroatoms. The lowest BCUT2D eigenvalue weighted by Crippen LogP contribution is -2.32. The summed E-state index contributed by atoms with van der Waals surface area (Å²) in [7, 11) is 6.09. The molecule has 0 spiro atoms. The molecular formula is C7H19N3. The second-order valence-corrected chi connectivity index (χ2v) is 2.51. The van der Waals surface area contributed by atoms with Crippen LogP contribution in [0, 0.1) is 0 Å². The first-order chi connectivity index (χ1) is 4.81. The van der Waals surface area contributed by atoms with Gasteiger partial charge in [-0.25, -0.2) is 0 Å². The van der Waals surface area contributed by atoms with Crippen LogP contribution in [-0.4, -0.2) is 52.2 Å². The van der Waals surface area contributed by atoms with E-state index in [2.05, 4.69) is 22.6 Å². The SMILES string of the molecule is CNCCN(C)CCNC. The lowest BCUT2D eigenvalue weighted by atomic mass is 10.5. The minimum atomic E-state index is 1.07. The number of likely N-dealkylation sites (N-methyl/N-ethyl adjacent to an activating group) is 3. The Kier molecular flexibility index (Phi) is 6.91. The topological polar surface area (TPSA) is 27.3 Å². The van der Waals surface area contributed by atoms with Gasteiger partial charge in [-0.1, -0.05) is 0 Å². The highest BCUT2D eigenvalue weighted by atomic mass is 15.1. The van der Waals surface area contributed by atoms with Crippen LogP contribution in [-0.2, 0) is 0 Å². The van der Waals surface area contributed by atoms with E-state index in [1.807, 2.05) is 14.1 Å². The smallest absolute Gasteiger partial charge is 0.0104 e. The molecule has 3 nitrogen and oxygen atoms in total. The average Bonchev–Trinajstić information content (AvgIpc) is 1.97. The summed E-state index contributed by atoms with van der Waals surface area (Å²) in [6.07, 6.45) is 0. The first-order valence-electron chi connectivity index (χ1n) is 3.79. The second kappa shape index (κ2) is 6.99. The summed E-state index contributed by atoms with van der Waals surface area (Å²) in [5, 5.41) is 6.23. The molecule has 0 saturated heterocycles. The van der Waals surface area contributed by atoms with Crippen molar-refractivity contribution in [1.29, 1.82) is 0 Å². The predicted molar refractivity (Wildman–Crippen MR) is 45.4 cm³/mol. The van der Waals surface area contributed by atoms with Gasteiger partial charge in [-0.2, -0.15) is 0 Å². The second-order valence-electron chi connectivity index (χ2n) is 2.51. The molecule has 0 aliphatic rings. The maximum absolute atomic E-state index is 3.11. The molecule has 0 radical (unpaired) electrons. The van der Waals surface area contributed by atoms with E-state index in [0.29, 0.717) is 0 Å². The van der Waals surface area contributed by atoms with Gasteiger partial charge in [0.1, 0.15) is 0 Å². The van der Waals surface area contributed by atoms with Gasteiger partial charge in [-0.3, -0.25) is 0 Å². The van der Waals surface area contributed by atoms with Crippen LogP contribution in [0.15, 0.2) is 0 Å². The molecular weight excluding hydrogens is 126 g/mol. The average molecular weight is 145 g/mol. The fourth-order valence-electron chi connectivity index (χ4n) is 0.717. The van der Waals surface area contributed by atoms with E-state index in [1.165, 1.54) is 0 Å². The van der Waals surface area contributed by atoms with Crippen molar-refractivity contribution in [2.75, 3.05) is 47.3 Å². The molecule has 0 atom stereocenters. The third kappa shape index (κ3) is 6.01. The normalized spacial score (nSPS) is 10.8. The molecule has 0 amide bonds. The molecule has 0 aromatic carbocycles. The first kappa shape index (κ1) is 9.88. The van der Waals surface area contributed by atoms with Gasteiger partial charge >= 0.3 is 0 Å². The molecule has 2 N–H and O–H groups in total. The lowest BCUT2D eigenvalue weighted by molar-refractivity contribution is 0.336. The summed E-state index contributed by atoms with van der Waals surface area (Å²) in [6.45, 7) is 4.39. The van der Waals surface area contributed by atoms with Crippen molar-refractivity contribution in [1.82, 2.24) is 15.5 Å². The van der Waals surface area contributed by atoms with Crippen molar-refractivity contribution in [3.63, 3.8) is 0 Å². The number of nitrogens with one attached hydrogen (secondary N) is 2. The van der Waals surface area contributed by atoms with Crippen LogP contribution in [0.3, 0.4) is 0 Å². The van der Waals surface area contributed by atoms with E-state index in [4.69, 9.17) is 0 Å². The van der Waals surface area contributed by atoms with Gasteiger partial charge in [-0.15, -0.1) is 0 Å². The Hall–Kier alpha value is -0.120. The van der Waals surface area contributed by atoms with Crippen LogP contribution in [0.2, 0.25) is 0 Å². The van der Waals surface area contributed by atoms with Gasteiger partial charge in [0.25, 0.3) is 0 Å². The number of hydrogen-bond donors (Lipinski definition) is 2. The van der Waals surface area contributed by atoms with Crippen LogP contribution >= 0.6 is 0 Å². The molecule has 62 valence electrons. The molecule has 0 saturated carbocycles. The Bertz CT molecular complexity index is 57.9. The predicted octanol–water partition coefficient (Wildman–Crippen LogP) is -0.643. The van der Waals surface area contributed by atoms with Gasteiger partial charge in [0, 0.05) is 26.2 Å². The highest BCUT2D eigenvalue weighted by Crippen LogP contribution is 1.76. The number of rotatable bonds is 6. The Morgan fingerprint density at radius 3 is 1.70 bits per heavy atom. The molecule has 0 heterocycles. The van der Waals surface area contributed by atoms with Crippen LogP contribution in [0.4, 0.5) is 0 Å². The molecule has 0 unspecified atom stereocenters. The van der Waals surface area contributed by atoms with E-state index < -0.39 is 0 Å². The van der Waals surface area contributed by atoms with Gasteiger partial charge < -0.3 is 15.5 Å². The molecule has 0 rings (SSSR count). The van der Waals surface area contributed by atoms with Crippen molar-refractivity contribution < 1.29 is 0 Å². The van der Waals surface area contributed by atoms with E-state index in [-0.39, 0.29) is 0 Å². The van der Waals surface area contributed by atoms with Crippen LogP contribution < -0.4 is 10.6 Å². The van der Waals surface area contributed by atoms with Crippen LogP contribution in [0.5, 0.6) is 0 Å². The zero-order valence-electron chi connectivity index (χ0n) is 7.28. The Balaban J connectivity index is 3.00. The van der Waals surface area contributed by atoms with Crippen molar-refractivity contribution in [2.45, 2.75) is 0 Å². The minimum Gasteiger partial charge on any atom is -0.318 e. The van der Waals surface area contributed by atoms with E-state index >= 15 is 0 Å². The van der Waals surface area contributed by atoms with E-state index in [9.17, 15) is 0 Å². The fraction of sp³-hybridized carbons (Fsp3) is 1.00. The molecule has 0 aliphatic heterocycles. The Labute approximate surface area is 63.8 Å². The summed E-state index contributed by atoms with van der Waals surface area (Å²) >= 11 is 0. The van der Waals surface area contributed by atoms with Gasteiger partial charge in [0.2, 0.25) is 0 Å². The molecule has 0 fully saturated rings. The standard InChI is InChI=1S/C7H19N3/c1-8-4-6-10(3)7-5-9-2/h8-9H,4-7H2,1-3H3. The zero-order valence-corrected chi connectivity index (χ0v) is 7.28. The molecule has 0 aromatic rings. The Morgan fingerprint density at radius 1 is 1.00 bits per heavy atom. The summed E-state index contributed by atoms with van der Waals surface area (Å²) in [4.78, 5) is 2.30. The van der Waals surface area contributed by atoms with Crippen molar-refractivity contribution >= 4 is 0 Å². The minimum absolute atomic E-state index is 1.07. The number of hydrogen-bond acceptors (Lipinski definition) is 3.